The van der Waals surface area contributed by atoms with Gasteiger partial charge >= 0.3 is 0 Å². The first kappa shape index (κ1) is 15.7. The quantitative estimate of drug-likeness (QED) is 0.814. The zero-order chi connectivity index (χ0) is 11.4. The lowest BCUT2D eigenvalue weighted by Gasteiger charge is -2.38. The molecule has 0 aliphatic carbocycles. The molecule has 4 nitrogen and oxygen atoms in total. The van der Waals surface area contributed by atoms with E-state index in [9.17, 15) is 4.79 Å². The second-order valence-corrected chi connectivity index (χ2v) is 4.58. The van der Waals surface area contributed by atoms with Gasteiger partial charge in [0.2, 0.25) is 5.91 Å². The summed E-state index contributed by atoms with van der Waals surface area (Å²) in [5.74, 6) is 0.607. The Hall–Kier alpha value is -0.320. The number of amides is 1. The van der Waals surface area contributed by atoms with Crippen molar-refractivity contribution >= 4 is 18.3 Å². The number of likely N-dealkylation sites (tertiary alicyclic amines) is 1. The third kappa shape index (κ3) is 3.92. The molecule has 0 radical (unpaired) electrons. The molecule has 5 heteroatoms. The fourth-order valence-electron chi connectivity index (χ4n) is 2.06. The molecular weight excluding hydrogens is 228 g/mol. The largest absolute Gasteiger partial charge is 0.383 e. The maximum atomic E-state index is 12.0. The van der Waals surface area contributed by atoms with Crippen LogP contribution in [0.25, 0.3) is 0 Å². The topological polar surface area (TPSA) is 55.6 Å². The van der Waals surface area contributed by atoms with Crippen molar-refractivity contribution in [1.82, 2.24) is 4.90 Å². The average molecular weight is 251 g/mol. The molecule has 96 valence electrons. The first-order chi connectivity index (χ1) is 7.06. The van der Waals surface area contributed by atoms with Gasteiger partial charge in [0.15, 0.2) is 0 Å². The minimum Gasteiger partial charge on any atom is -0.383 e. The molecule has 1 heterocycles. The first-order valence-corrected chi connectivity index (χ1v) is 5.61. The number of hydrogen-bond acceptors (Lipinski definition) is 3. The van der Waals surface area contributed by atoms with Gasteiger partial charge in [-0.1, -0.05) is 6.92 Å². The summed E-state index contributed by atoms with van der Waals surface area (Å²) in [6, 6.07) is -0.195. The maximum Gasteiger partial charge on any atom is 0.242 e. The number of rotatable bonds is 3. The van der Waals surface area contributed by atoms with Crippen LogP contribution >= 0.6 is 12.4 Å². The van der Waals surface area contributed by atoms with Gasteiger partial charge < -0.3 is 15.4 Å². The molecule has 1 aliphatic rings. The normalized spacial score (nSPS) is 27.1. The highest BCUT2D eigenvalue weighted by Crippen LogP contribution is 2.21. The van der Waals surface area contributed by atoms with E-state index < -0.39 is 6.04 Å². The van der Waals surface area contributed by atoms with Crippen molar-refractivity contribution in [2.24, 2.45) is 11.7 Å². The van der Waals surface area contributed by atoms with Crippen molar-refractivity contribution in [3.8, 4) is 0 Å². The molecule has 0 aromatic carbocycles. The van der Waals surface area contributed by atoms with Gasteiger partial charge in [0.1, 0.15) is 6.04 Å². The highest BCUT2D eigenvalue weighted by molar-refractivity contribution is 5.85. The Morgan fingerprint density at radius 1 is 1.50 bits per heavy atom. The fourth-order valence-corrected chi connectivity index (χ4v) is 2.06. The van der Waals surface area contributed by atoms with E-state index in [0.29, 0.717) is 18.6 Å². The van der Waals surface area contributed by atoms with Crippen LogP contribution in [-0.4, -0.2) is 43.2 Å². The van der Waals surface area contributed by atoms with E-state index in [-0.39, 0.29) is 18.3 Å². The van der Waals surface area contributed by atoms with Crippen LogP contribution in [0.5, 0.6) is 0 Å². The molecule has 16 heavy (non-hydrogen) atoms. The second-order valence-electron chi connectivity index (χ2n) is 4.58. The highest BCUT2D eigenvalue weighted by atomic mass is 35.5. The molecule has 1 fully saturated rings. The van der Waals surface area contributed by atoms with Crippen LogP contribution in [0.4, 0.5) is 0 Å². The maximum absolute atomic E-state index is 12.0. The van der Waals surface area contributed by atoms with Crippen LogP contribution < -0.4 is 5.73 Å². The minimum atomic E-state index is -0.511. The predicted octanol–water partition coefficient (Wildman–Crippen LogP) is 1.03. The molecule has 1 aliphatic heterocycles. The number of piperidine rings is 1. The van der Waals surface area contributed by atoms with Crippen LogP contribution in [-0.2, 0) is 9.53 Å². The number of carbonyl (C=O) groups excluding carboxylic acids is 1. The van der Waals surface area contributed by atoms with Gasteiger partial charge in [0.25, 0.3) is 0 Å². The van der Waals surface area contributed by atoms with E-state index in [2.05, 4.69) is 13.8 Å². The standard InChI is InChI=1S/C11H22N2O2.ClH/c1-8-4-5-9(2)13(6-8)11(14)10(12)7-15-3;/h8-10H,4-7,12H2,1-3H3;1H. The average Bonchev–Trinajstić information content (AvgIpc) is 2.21. The van der Waals surface area contributed by atoms with E-state index in [1.807, 2.05) is 4.90 Å². The number of halogens is 1. The Kier molecular flexibility index (Phi) is 6.95. The molecule has 1 saturated heterocycles. The highest BCUT2D eigenvalue weighted by Gasteiger charge is 2.29. The Morgan fingerprint density at radius 2 is 2.12 bits per heavy atom. The van der Waals surface area contributed by atoms with E-state index in [4.69, 9.17) is 10.5 Å². The molecule has 3 unspecified atom stereocenters. The summed E-state index contributed by atoms with van der Waals surface area (Å²) in [6.45, 7) is 5.39. The molecule has 0 bridgehead atoms. The van der Waals surface area contributed by atoms with E-state index in [1.165, 1.54) is 6.42 Å². The van der Waals surface area contributed by atoms with Crippen LogP contribution in [0.1, 0.15) is 26.7 Å². The molecule has 0 saturated carbocycles. The van der Waals surface area contributed by atoms with Crippen molar-refractivity contribution < 1.29 is 9.53 Å². The summed E-state index contributed by atoms with van der Waals surface area (Å²) < 4.78 is 4.91. The molecule has 0 aromatic rings. The molecule has 0 aromatic heterocycles. The number of nitrogens with two attached hydrogens (primary N) is 1. The van der Waals surface area contributed by atoms with E-state index in [0.717, 1.165) is 13.0 Å². The molecule has 1 amide bonds. The molecule has 2 N–H and O–H groups in total. The second kappa shape index (κ2) is 7.09. The Bertz CT molecular complexity index is 226. The van der Waals surface area contributed by atoms with Gasteiger partial charge in [-0.05, 0) is 25.7 Å². The Morgan fingerprint density at radius 3 is 2.69 bits per heavy atom. The van der Waals surface area contributed by atoms with Crippen LogP contribution in [0, 0.1) is 5.92 Å². The summed E-state index contributed by atoms with van der Waals surface area (Å²) in [6.07, 6.45) is 2.27. The fraction of sp³-hybridized carbons (Fsp3) is 0.909. The van der Waals surface area contributed by atoms with Crippen LogP contribution in [0.2, 0.25) is 0 Å². The summed E-state index contributed by atoms with van der Waals surface area (Å²) in [5.41, 5.74) is 5.75. The van der Waals surface area contributed by atoms with E-state index in [1.54, 1.807) is 7.11 Å². The smallest absolute Gasteiger partial charge is 0.242 e. The zero-order valence-corrected chi connectivity index (χ0v) is 11.1. The summed E-state index contributed by atoms with van der Waals surface area (Å²) >= 11 is 0. The van der Waals surface area contributed by atoms with Gasteiger partial charge in [0, 0.05) is 19.7 Å². The number of hydrogen-bond donors (Lipinski definition) is 1. The Balaban J connectivity index is 0.00000225. The van der Waals surface area contributed by atoms with Crippen molar-refractivity contribution in [2.45, 2.75) is 38.8 Å². The van der Waals surface area contributed by atoms with Crippen molar-refractivity contribution in [2.75, 3.05) is 20.3 Å². The summed E-state index contributed by atoms with van der Waals surface area (Å²) in [4.78, 5) is 13.9. The van der Waals surface area contributed by atoms with Crippen molar-refractivity contribution in [3.05, 3.63) is 0 Å². The number of carbonyl (C=O) groups is 1. The first-order valence-electron chi connectivity index (χ1n) is 5.61. The van der Waals surface area contributed by atoms with Crippen molar-refractivity contribution in [1.29, 1.82) is 0 Å². The molecule has 3 atom stereocenters. The molecule has 1 rings (SSSR count). The predicted molar refractivity (Wildman–Crippen MR) is 66.7 cm³/mol. The van der Waals surface area contributed by atoms with Crippen molar-refractivity contribution in [3.63, 3.8) is 0 Å². The lowest BCUT2D eigenvalue weighted by molar-refractivity contribution is -0.138. The number of methoxy groups -OCH3 is 1. The zero-order valence-electron chi connectivity index (χ0n) is 10.3. The minimum absolute atomic E-state index is 0. The van der Waals surface area contributed by atoms with Gasteiger partial charge in [-0.3, -0.25) is 4.79 Å². The van der Waals surface area contributed by atoms with E-state index >= 15 is 0 Å². The summed E-state index contributed by atoms with van der Waals surface area (Å²) in [5, 5.41) is 0. The third-order valence-corrected chi connectivity index (χ3v) is 3.06. The third-order valence-electron chi connectivity index (χ3n) is 3.06. The molecule has 0 spiro atoms. The Labute approximate surface area is 104 Å². The lowest BCUT2D eigenvalue weighted by atomic mass is 9.94. The van der Waals surface area contributed by atoms with Gasteiger partial charge in [-0.15, -0.1) is 12.4 Å². The van der Waals surface area contributed by atoms with Gasteiger partial charge in [-0.25, -0.2) is 0 Å². The number of ether oxygens (including phenoxy) is 1. The monoisotopic (exact) mass is 250 g/mol. The summed E-state index contributed by atoms with van der Waals surface area (Å²) in [7, 11) is 1.56. The van der Waals surface area contributed by atoms with Gasteiger partial charge in [-0.2, -0.15) is 0 Å². The molecular formula is C11H23ClN2O2. The van der Waals surface area contributed by atoms with Crippen LogP contribution in [0.3, 0.4) is 0 Å². The SMILES string of the molecule is COCC(N)C(=O)N1CC(C)CCC1C.Cl. The van der Waals surface area contributed by atoms with Gasteiger partial charge in [0.05, 0.1) is 6.61 Å². The lowest BCUT2D eigenvalue weighted by Crippen LogP contribution is -2.52. The number of nitrogens with zero attached hydrogens (tertiary/aromatic N) is 1. The van der Waals surface area contributed by atoms with Crippen LogP contribution in [0.15, 0.2) is 0 Å².